The number of benzene rings is 2. The zero-order chi connectivity index (χ0) is 18.6. The molecule has 0 unspecified atom stereocenters. The lowest BCUT2D eigenvalue weighted by molar-refractivity contribution is 0.210. The van der Waals surface area contributed by atoms with Crippen LogP contribution in [0.15, 0.2) is 53.4 Å². The van der Waals surface area contributed by atoms with E-state index in [1.807, 2.05) is 12.1 Å². The standard InChI is InChI=1S/C20H26N2O3S/c1-15(2)21-16-7-9-17(10-8-16)22-26(23,24)20-13-11-19(12-14-20)25-18-5-3-4-6-18/h7-15,18,21-22H,3-6H2,1-2H3. The van der Waals surface area contributed by atoms with Crippen LogP contribution in [0.4, 0.5) is 11.4 Å². The lowest BCUT2D eigenvalue weighted by atomic mass is 10.2. The first-order valence-electron chi connectivity index (χ1n) is 9.08. The summed E-state index contributed by atoms with van der Waals surface area (Å²) in [5.41, 5.74) is 1.49. The van der Waals surface area contributed by atoms with E-state index in [0.29, 0.717) is 11.7 Å². The van der Waals surface area contributed by atoms with E-state index in [4.69, 9.17) is 4.74 Å². The van der Waals surface area contributed by atoms with Crippen molar-refractivity contribution in [1.29, 1.82) is 0 Å². The van der Waals surface area contributed by atoms with Crippen LogP contribution >= 0.6 is 0 Å². The average molecular weight is 375 g/mol. The summed E-state index contributed by atoms with van der Waals surface area (Å²) in [5.74, 6) is 0.722. The molecule has 0 radical (unpaired) electrons. The van der Waals surface area contributed by atoms with Gasteiger partial charge < -0.3 is 10.1 Å². The predicted molar refractivity (Wildman–Crippen MR) is 105 cm³/mol. The molecule has 0 heterocycles. The van der Waals surface area contributed by atoms with Crippen LogP contribution in [0, 0.1) is 0 Å². The van der Waals surface area contributed by atoms with Crippen LogP contribution in [0.25, 0.3) is 0 Å². The zero-order valence-corrected chi connectivity index (χ0v) is 16.1. The van der Waals surface area contributed by atoms with E-state index in [9.17, 15) is 8.42 Å². The highest BCUT2D eigenvalue weighted by molar-refractivity contribution is 7.92. The fourth-order valence-corrected chi connectivity index (χ4v) is 4.14. The van der Waals surface area contributed by atoms with E-state index in [1.165, 1.54) is 12.8 Å². The summed E-state index contributed by atoms with van der Waals surface area (Å²) in [7, 11) is -3.62. The van der Waals surface area contributed by atoms with Crippen molar-refractivity contribution < 1.29 is 13.2 Å². The SMILES string of the molecule is CC(C)Nc1ccc(NS(=O)(=O)c2ccc(OC3CCCC3)cc2)cc1. The van der Waals surface area contributed by atoms with Gasteiger partial charge in [0, 0.05) is 17.4 Å². The fraction of sp³-hybridized carbons (Fsp3) is 0.400. The summed E-state index contributed by atoms with van der Waals surface area (Å²) >= 11 is 0. The van der Waals surface area contributed by atoms with Crippen molar-refractivity contribution in [3.63, 3.8) is 0 Å². The lowest BCUT2D eigenvalue weighted by Gasteiger charge is -2.14. The molecule has 0 aliphatic heterocycles. The molecule has 26 heavy (non-hydrogen) atoms. The summed E-state index contributed by atoms with van der Waals surface area (Å²) in [6, 6.07) is 14.2. The van der Waals surface area contributed by atoms with Gasteiger partial charge in [-0.05, 0) is 88.1 Å². The van der Waals surface area contributed by atoms with Crippen LogP contribution < -0.4 is 14.8 Å². The molecule has 1 saturated carbocycles. The van der Waals surface area contributed by atoms with Crippen LogP contribution in [0.5, 0.6) is 5.75 Å². The van der Waals surface area contributed by atoms with Crippen molar-refractivity contribution in [3.05, 3.63) is 48.5 Å². The lowest BCUT2D eigenvalue weighted by Crippen LogP contribution is -2.14. The van der Waals surface area contributed by atoms with E-state index in [2.05, 4.69) is 23.9 Å². The third-order valence-corrected chi connectivity index (χ3v) is 5.73. The van der Waals surface area contributed by atoms with E-state index in [1.54, 1.807) is 36.4 Å². The Kier molecular flexibility index (Phi) is 5.71. The Morgan fingerprint density at radius 3 is 2.08 bits per heavy atom. The average Bonchev–Trinajstić information content (AvgIpc) is 3.09. The molecule has 0 amide bonds. The van der Waals surface area contributed by atoms with Crippen LogP contribution in [0.2, 0.25) is 0 Å². The molecule has 0 bridgehead atoms. The Bertz CT molecular complexity index is 809. The minimum Gasteiger partial charge on any atom is -0.490 e. The highest BCUT2D eigenvalue weighted by Gasteiger charge is 2.18. The number of hydrogen-bond acceptors (Lipinski definition) is 4. The largest absolute Gasteiger partial charge is 0.490 e. The smallest absolute Gasteiger partial charge is 0.261 e. The number of rotatable bonds is 7. The van der Waals surface area contributed by atoms with Gasteiger partial charge in [-0.25, -0.2) is 8.42 Å². The Morgan fingerprint density at radius 2 is 1.50 bits per heavy atom. The maximum Gasteiger partial charge on any atom is 0.261 e. The number of ether oxygens (including phenoxy) is 1. The molecule has 0 saturated heterocycles. The third kappa shape index (κ3) is 4.91. The summed E-state index contributed by atoms with van der Waals surface area (Å²) in [6.45, 7) is 4.10. The molecule has 5 nitrogen and oxygen atoms in total. The number of hydrogen-bond donors (Lipinski definition) is 2. The molecule has 1 aliphatic carbocycles. The van der Waals surface area contributed by atoms with Gasteiger partial charge in [0.15, 0.2) is 0 Å². The second-order valence-electron chi connectivity index (χ2n) is 6.98. The van der Waals surface area contributed by atoms with E-state index in [-0.39, 0.29) is 11.0 Å². The number of sulfonamides is 1. The molecule has 6 heteroatoms. The number of nitrogens with one attached hydrogen (secondary N) is 2. The van der Waals surface area contributed by atoms with E-state index < -0.39 is 10.0 Å². The van der Waals surface area contributed by atoms with Crippen molar-refractivity contribution >= 4 is 21.4 Å². The Labute approximate surface area is 155 Å². The van der Waals surface area contributed by atoms with Crippen molar-refractivity contribution in [1.82, 2.24) is 0 Å². The van der Waals surface area contributed by atoms with Gasteiger partial charge in [0.05, 0.1) is 11.0 Å². The molecule has 1 fully saturated rings. The van der Waals surface area contributed by atoms with Gasteiger partial charge >= 0.3 is 0 Å². The molecule has 1 aliphatic rings. The first-order chi connectivity index (χ1) is 12.4. The maximum atomic E-state index is 12.6. The monoisotopic (exact) mass is 374 g/mol. The van der Waals surface area contributed by atoms with Crippen LogP contribution in [0.3, 0.4) is 0 Å². The van der Waals surface area contributed by atoms with Crippen LogP contribution in [-0.4, -0.2) is 20.6 Å². The van der Waals surface area contributed by atoms with Crippen LogP contribution in [0.1, 0.15) is 39.5 Å². The highest BCUT2D eigenvalue weighted by Crippen LogP contribution is 2.25. The van der Waals surface area contributed by atoms with Crippen LogP contribution in [-0.2, 0) is 10.0 Å². The van der Waals surface area contributed by atoms with E-state index in [0.717, 1.165) is 24.3 Å². The maximum absolute atomic E-state index is 12.6. The minimum atomic E-state index is -3.62. The minimum absolute atomic E-state index is 0.223. The third-order valence-electron chi connectivity index (χ3n) is 4.33. The van der Waals surface area contributed by atoms with Gasteiger partial charge in [0.1, 0.15) is 5.75 Å². The summed E-state index contributed by atoms with van der Waals surface area (Å²) < 4.78 is 33.6. The van der Waals surface area contributed by atoms with Crippen molar-refractivity contribution in [2.45, 2.75) is 56.6 Å². The summed E-state index contributed by atoms with van der Waals surface area (Å²) in [4.78, 5) is 0.223. The molecule has 2 N–H and O–H groups in total. The molecule has 0 atom stereocenters. The molecular formula is C20H26N2O3S. The molecule has 2 aromatic carbocycles. The normalized spacial score (nSPS) is 15.2. The Hall–Kier alpha value is -2.21. The zero-order valence-electron chi connectivity index (χ0n) is 15.2. The van der Waals surface area contributed by atoms with Gasteiger partial charge in [-0.3, -0.25) is 4.72 Å². The Balaban J connectivity index is 1.65. The summed E-state index contributed by atoms with van der Waals surface area (Å²) in [6.07, 6.45) is 4.81. The second kappa shape index (κ2) is 7.99. The van der Waals surface area contributed by atoms with Gasteiger partial charge in [-0.15, -0.1) is 0 Å². The molecule has 140 valence electrons. The van der Waals surface area contributed by atoms with Gasteiger partial charge in [0.2, 0.25) is 0 Å². The first-order valence-corrected chi connectivity index (χ1v) is 10.6. The van der Waals surface area contributed by atoms with Crippen molar-refractivity contribution in [2.24, 2.45) is 0 Å². The topological polar surface area (TPSA) is 67.4 Å². The number of anilines is 2. The van der Waals surface area contributed by atoms with E-state index >= 15 is 0 Å². The molecule has 2 aromatic rings. The van der Waals surface area contributed by atoms with Gasteiger partial charge in [-0.2, -0.15) is 0 Å². The molecule has 3 rings (SSSR count). The fourth-order valence-electron chi connectivity index (χ4n) is 3.08. The molecule has 0 aromatic heterocycles. The van der Waals surface area contributed by atoms with Gasteiger partial charge in [0.25, 0.3) is 10.0 Å². The van der Waals surface area contributed by atoms with Gasteiger partial charge in [-0.1, -0.05) is 0 Å². The summed E-state index contributed by atoms with van der Waals surface area (Å²) in [5, 5.41) is 3.27. The quantitative estimate of drug-likeness (QED) is 0.741. The van der Waals surface area contributed by atoms with Crippen molar-refractivity contribution in [2.75, 3.05) is 10.0 Å². The molecular weight excluding hydrogens is 348 g/mol. The highest BCUT2D eigenvalue weighted by atomic mass is 32.2. The first kappa shape index (κ1) is 18.6. The van der Waals surface area contributed by atoms with Crippen molar-refractivity contribution in [3.8, 4) is 5.75 Å². The Morgan fingerprint density at radius 1 is 0.923 bits per heavy atom. The second-order valence-corrected chi connectivity index (χ2v) is 8.66. The predicted octanol–water partition coefficient (Wildman–Crippen LogP) is 4.63. The molecule has 0 spiro atoms.